The van der Waals surface area contributed by atoms with Crippen LogP contribution < -0.4 is 29.0 Å². The van der Waals surface area contributed by atoms with E-state index in [-0.39, 0.29) is 12.3 Å². The minimum atomic E-state index is -0.0678. The third-order valence-corrected chi connectivity index (χ3v) is 8.06. The van der Waals surface area contributed by atoms with Crippen molar-refractivity contribution < 1.29 is 23.7 Å². The van der Waals surface area contributed by atoms with Gasteiger partial charge in [0.25, 0.3) is 0 Å². The number of piperazine rings is 1. The highest BCUT2D eigenvalue weighted by molar-refractivity contribution is 5.71. The monoisotopic (exact) mass is 561 g/mol. The summed E-state index contributed by atoms with van der Waals surface area (Å²) in [5, 5.41) is 3.73. The Morgan fingerprint density at radius 3 is 2.32 bits per heavy atom. The highest BCUT2D eigenvalue weighted by Crippen LogP contribution is 2.38. The molecule has 1 fully saturated rings. The van der Waals surface area contributed by atoms with E-state index >= 15 is 0 Å². The van der Waals surface area contributed by atoms with Gasteiger partial charge in [-0.05, 0) is 62.2 Å². The van der Waals surface area contributed by atoms with Crippen LogP contribution in [0.4, 0.5) is 0 Å². The van der Waals surface area contributed by atoms with Crippen LogP contribution in [0.1, 0.15) is 30.5 Å². The molecule has 5 rings (SSSR count). The first-order valence-corrected chi connectivity index (χ1v) is 14.3. The minimum absolute atomic E-state index is 0.0678. The lowest BCUT2D eigenvalue weighted by Crippen LogP contribution is -2.53. The lowest BCUT2D eigenvalue weighted by Gasteiger charge is -2.38. The molecule has 1 saturated heterocycles. The van der Waals surface area contributed by atoms with E-state index < -0.39 is 0 Å². The largest absolute Gasteiger partial charge is 0.496 e. The quantitative estimate of drug-likeness (QED) is 0.347. The van der Waals surface area contributed by atoms with Crippen LogP contribution in [0.2, 0.25) is 0 Å². The molecule has 8 heteroatoms. The van der Waals surface area contributed by atoms with Crippen LogP contribution in [-0.2, 0) is 13.2 Å². The number of hydrogen-bond donors (Lipinski definition) is 1. The summed E-state index contributed by atoms with van der Waals surface area (Å²) in [4.78, 5) is 4.91. The normalized spacial score (nSPS) is 15.7. The van der Waals surface area contributed by atoms with Crippen LogP contribution in [0, 0.1) is 6.92 Å². The van der Waals surface area contributed by atoms with Crippen molar-refractivity contribution in [3.8, 4) is 39.9 Å². The molecule has 0 amide bonds. The van der Waals surface area contributed by atoms with Crippen LogP contribution >= 0.6 is 0 Å². The van der Waals surface area contributed by atoms with Gasteiger partial charge in [0, 0.05) is 56.9 Å². The summed E-state index contributed by atoms with van der Waals surface area (Å²) in [5.41, 5.74) is 5.41. The standard InChI is InChI=1S/C33H43N3O5/c1-23-25(8-7-9-27(23)24-10-11-29-32(16-24)41-22-40-29)20-39-26-17-30(37-5)28(31(18-26)38-6)19-34-33(2,3)21-36-14-12-35(4)13-15-36/h7-11,16-18,34H,12-15,19-22H2,1-6H3. The third-order valence-electron chi connectivity index (χ3n) is 8.06. The molecule has 1 N–H and O–H groups in total. The van der Waals surface area contributed by atoms with Crippen LogP contribution in [0.15, 0.2) is 48.5 Å². The molecule has 2 aliphatic rings. The Hall–Kier alpha value is -3.46. The van der Waals surface area contributed by atoms with E-state index in [1.807, 2.05) is 24.3 Å². The Morgan fingerprint density at radius 2 is 1.61 bits per heavy atom. The van der Waals surface area contributed by atoms with Crippen molar-refractivity contribution >= 4 is 0 Å². The lowest BCUT2D eigenvalue weighted by atomic mass is 9.96. The molecule has 8 nitrogen and oxygen atoms in total. The molecule has 3 aromatic rings. The van der Waals surface area contributed by atoms with Gasteiger partial charge in [-0.15, -0.1) is 0 Å². The second-order valence-corrected chi connectivity index (χ2v) is 11.6. The fraction of sp³-hybridized carbons (Fsp3) is 0.455. The van der Waals surface area contributed by atoms with Gasteiger partial charge in [-0.2, -0.15) is 0 Å². The summed E-state index contributed by atoms with van der Waals surface area (Å²) < 4.78 is 29.0. The first-order chi connectivity index (χ1) is 19.8. The number of nitrogens with zero attached hydrogens (tertiary/aromatic N) is 2. The van der Waals surface area contributed by atoms with Crippen LogP contribution in [0.5, 0.6) is 28.7 Å². The third kappa shape index (κ3) is 6.89. The predicted octanol–water partition coefficient (Wildman–Crippen LogP) is 5.10. The maximum atomic E-state index is 6.30. The maximum Gasteiger partial charge on any atom is 0.231 e. The smallest absolute Gasteiger partial charge is 0.231 e. The van der Waals surface area contributed by atoms with Gasteiger partial charge in [0.1, 0.15) is 23.9 Å². The van der Waals surface area contributed by atoms with E-state index in [2.05, 4.69) is 67.2 Å². The summed E-state index contributed by atoms with van der Waals surface area (Å²) in [6, 6.07) is 16.2. The van der Waals surface area contributed by atoms with Crippen LogP contribution in [0.3, 0.4) is 0 Å². The van der Waals surface area contributed by atoms with Gasteiger partial charge < -0.3 is 33.9 Å². The summed E-state index contributed by atoms with van der Waals surface area (Å²) in [7, 11) is 5.57. The van der Waals surface area contributed by atoms with Gasteiger partial charge in [0.05, 0.1) is 19.8 Å². The molecule has 3 aromatic carbocycles. The molecule has 0 saturated carbocycles. The molecular formula is C33H43N3O5. The van der Waals surface area contributed by atoms with E-state index in [0.717, 1.165) is 83.5 Å². The van der Waals surface area contributed by atoms with Gasteiger partial charge in [0.15, 0.2) is 11.5 Å². The molecule has 0 spiro atoms. The average molecular weight is 562 g/mol. The molecule has 41 heavy (non-hydrogen) atoms. The maximum absolute atomic E-state index is 6.30. The number of methoxy groups -OCH3 is 2. The molecule has 0 bridgehead atoms. The van der Waals surface area contributed by atoms with E-state index in [1.165, 1.54) is 0 Å². The van der Waals surface area contributed by atoms with Crippen molar-refractivity contribution in [3.63, 3.8) is 0 Å². The van der Waals surface area contributed by atoms with Crippen LogP contribution in [-0.4, -0.2) is 76.1 Å². The molecule has 0 unspecified atom stereocenters. The minimum Gasteiger partial charge on any atom is -0.496 e. The van der Waals surface area contributed by atoms with Crippen molar-refractivity contribution in [1.82, 2.24) is 15.1 Å². The topological polar surface area (TPSA) is 64.7 Å². The molecule has 0 aliphatic carbocycles. The summed E-state index contributed by atoms with van der Waals surface area (Å²) in [6.07, 6.45) is 0. The average Bonchev–Trinajstić information content (AvgIpc) is 3.44. The predicted molar refractivity (Wildman–Crippen MR) is 161 cm³/mol. The Morgan fingerprint density at radius 1 is 0.902 bits per heavy atom. The lowest BCUT2D eigenvalue weighted by molar-refractivity contribution is 0.123. The number of ether oxygens (including phenoxy) is 5. The van der Waals surface area contributed by atoms with Gasteiger partial charge in [-0.3, -0.25) is 4.90 Å². The molecule has 2 heterocycles. The zero-order valence-corrected chi connectivity index (χ0v) is 25.2. The number of rotatable bonds is 11. The van der Waals surface area contributed by atoms with Crippen molar-refractivity contribution in [2.45, 2.75) is 39.5 Å². The molecule has 2 aliphatic heterocycles. The first-order valence-electron chi connectivity index (χ1n) is 14.3. The van der Waals surface area contributed by atoms with Gasteiger partial charge >= 0.3 is 0 Å². The Labute approximate surface area is 244 Å². The fourth-order valence-corrected chi connectivity index (χ4v) is 5.54. The second-order valence-electron chi connectivity index (χ2n) is 11.6. The van der Waals surface area contributed by atoms with E-state index in [0.29, 0.717) is 18.9 Å². The van der Waals surface area contributed by atoms with E-state index in [1.54, 1.807) is 14.2 Å². The first kappa shape index (κ1) is 29.0. The SMILES string of the molecule is COc1cc(OCc2cccc(-c3ccc4c(c3)OCO4)c2C)cc(OC)c1CNC(C)(C)CN1CCN(C)CC1. The van der Waals surface area contributed by atoms with Gasteiger partial charge in [0.2, 0.25) is 6.79 Å². The number of likely N-dealkylation sites (N-methyl/N-ethyl adjacent to an activating group) is 1. The fourth-order valence-electron chi connectivity index (χ4n) is 5.54. The van der Waals surface area contributed by atoms with Crippen molar-refractivity contribution in [3.05, 3.63) is 65.2 Å². The highest BCUT2D eigenvalue weighted by Gasteiger charge is 2.25. The van der Waals surface area contributed by atoms with Gasteiger partial charge in [-0.1, -0.05) is 24.3 Å². The van der Waals surface area contributed by atoms with Crippen molar-refractivity contribution in [2.24, 2.45) is 0 Å². The van der Waals surface area contributed by atoms with Crippen molar-refractivity contribution in [1.29, 1.82) is 0 Å². The van der Waals surface area contributed by atoms with E-state index in [4.69, 9.17) is 23.7 Å². The Bertz CT molecular complexity index is 1330. The zero-order chi connectivity index (χ0) is 29.0. The molecule has 0 atom stereocenters. The Balaban J connectivity index is 1.27. The Kier molecular flexibility index (Phi) is 8.92. The van der Waals surface area contributed by atoms with E-state index in [9.17, 15) is 0 Å². The molecular weight excluding hydrogens is 518 g/mol. The summed E-state index contributed by atoms with van der Waals surface area (Å²) in [6.45, 7) is 13.3. The molecule has 0 aromatic heterocycles. The number of nitrogens with one attached hydrogen (secondary N) is 1. The van der Waals surface area contributed by atoms with Crippen LogP contribution in [0.25, 0.3) is 11.1 Å². The highest BCUT2D eigenvalue weighted by atomic mass is 16.7. The molecule has 220 valence electrons. The molecule has 0 radical (unpaired) electrons. The van der Waals surface area contributed by atoms with Crippen molar-refractivity contribution in [2.75, 3.05) is 60.8 Å². The second kappa shape index (κ2) is 12.6. The van der Waals surface area contributed by atoms with Gasteiger partial charge in [-0.25, -0.2) is 0 Å². The number of hydrogen-bond acceptors (Lipinski definition) is 8. The summed E-state index contributed by atoms with van der Waals surface area (Å²) in [5.74, 6) is 3.75. The number of benzene rings is 3. The number of fused-ring (bicyclic) bond motifs is 1. The summed E-state index contributed by atoms with van der Waals surface area (Å²) >= 11 is 0. The zero-order valence-electron chi connectivity index (χ0n) is 25.2.